The first kappa shape index (κ1) is 14.4. The Morgan fingerprint density at radius 1 is 1.58 bits per heavy atom. The number of fused-ring (bicyclic) bond motifs is 1. The molecule has 1 aromatic carbocycles. The van der Waals surface area contributed by atoms with E-state index in [9.17, 15) is 22.6 Å². The van der Waals surface area contributed by atoms with Crippen LogP contribution in [0.3, 0.4) is 0 Å². The van der Waals surface area contributed by atoms with Gasteiger partial charge in [0, 0.05) is 22.4 Å². The Labute approximate surface area is 111 Å². The van der Waals surface area contributed by atoms with Crippen LogP contribution in [0.4, 0.5) is 8.78 Å². The summed E-state index contributed by atoms with van der Waals surface area (Å²) in [6.45, 7) is 2.21. The highest BCUT2D eigenvalue weighted by atomic mass is 32.2. The van der Waals surface area contributed by atoms with Gasteiger partial charge in [-0.15, -0.1) is 0 Å². The minimum Gasteiger partial charge on any atom is -0.768 e. The number of halogens is 2. The van der Waals surface area contributed by atoms with Gasteiger partial charge in [-0.2, -0.15) is 0 Å². The van der Waals surface area contributed by atoms with Crippen molar-refractivity contribution in [2.45, 2.75) is 36.7 Å². The summed E-state index contributed by atoms with van der Waals surface area (Å²) in [5, 5.41) is 9.61. The van der Waals surface area contributed by atoms with Crippen LogP contribution in [0, 0.1) is 0 Å². The third-order valence-electron chi connectivity index (χ3n) is 3.00. The maximum atomic E-state index is 13.6. The second kappa shape index (κ2) is 5.15. The molecule has 0 radical (unpaired) electrons. The molecule has 1 aliphatic rings. The van der Waals surface area contributed by atoms with Crippen molar-refractivity contribution in [2.75, 3.05) is 6.61 Å². The van der Waals surface area contributed by atoms with E-state index in [0.717, 1.165) is 0 Å². The standard InChI is InChI=1S/C12H14F2O4S/c1-2-5-18-8-3-4-9(19(16)17)10-7(8)6-12(13,14)11(10)15/h3-4,11,15H,2,5-6H2,1H3,(H,16,17)/p-1. The zero-order valence-electron chi connectivity index (χ0n) is 10.2. The van der Waals surface area contributed by atoms with E-state index >= 15 is 0 Å². The predicted molar refractivity (Wildman–Crippen MR) is 63.0 cm³/mol. The zero-order valence-corrected chi connectivity index (χ0v) is 11.0. The highest BCUT2D eigenvalue weighted by Gasteiger charge is 2.49. The molecule has 1 N–H and O–H groups in total. The van der Waals surface area contributed by atoms with E-state index in [4.69, 9.17) is 4.74 Å². The third-order valence-corrected chi connectivity index (χ3v) is 3.72. The molecule has 0 bridgehead atoms. The summed E-state index contributed by atoms with van der Waals surface area (Å²) >= 11 is -2.68. The van der Waals surface area contributed by atoms with Gasteiger partial charge in [-0.25, -0.2) is 8.78 Å². The van der Waals surface area contributed by atoms with Crippen LogP contribution in [0.25, 0.3) is 0 Å². The number of aliphatic hydroxyl groups excluding tert-OH is 1. The quantitative estimate of drug-likeness (QED) is 0.861. The van der Waals surface area contributed by atoms with Crippen LogP contribution in [0.2, 0.25) is 0 Å². The van der Waals surface area contributed by atoms with E-state index < -0.39 is 29.5 Å². The van der Waals surface area contributed by atoms with Crippen molar-refractivity contribution in [3.05, 3.63) is 23.3 Å². The number of rotatable bonds is 4. The molecule has 106 valence electrons. The van der Waals surface area contributed by atoms with Crippen LogP contribution in [0.15, 0.2) is 17.0 Å². The van der Waals surface area contributed by atoms with Crippen molar-refractivity contribution in [3.8, 4) is 5.75 Å². The molecule has 2 unspecified atom stereocenters. The molecule has 0 saturated carbocycles. The SMILES string of the molecule is CCCOc1ccc(S(=O)[O-])c2c1CC(F)(F)C2O. The largest absolute Gasteiger partial charge is 0.768 e. The summed E-state index contributed by atoms with van der Waals surface area (Å²) in [5.41, 5.74) is -0.167. The van der Waals surface area contributed by atoms with Crippen molar-refractivity contribution >= 4 is 11.1 Å². The zero-order chi connectivity index (χ0) is 14.2. The molecule has 0 amide bonds. The van der Waals surface area contributed by atoms with Gasteiger partial charge in [0.15, 0.2) is 0 Å². The van der Waals surface area contributed by atoms with Crippen LogP contribution < -0.4 is 4.74 Å². The molecule has 1 aliphatic carbocycles. The Bertz CT molecular complexity index is 519. The number of hydrogen-bond acceptors (Lipinski definition) is 4. The van der Waals surface area contributed by atoms with Gasteiger partial charge in [0.1, 0.15) is 11.9 Å². The Morgan fingerprint density at radius 2 is 2.26 bits per heavy atom. The highest BCUT2D eigenvalue weighted by molar-refractivity contribution is 7.79. The Kier molecular flexibility index (Phi) is 3.89. The lowest BCUT2D eigenvalue weighted by molar-refractivity contribution is -0.0976. The summed E-state index contributed by atoms with van der Waals surface area (Å²) in [6.07, 6.45) is -2.13. The minimum absolute atomic E-state index is 0.0765. The van der Waals surface area contributed by atoms with E-state index in [1.807, 2.05) is 6.92 Å². The molecule has 0 spiro atoms. The Balaban J connectivity index is 2.53. The second-order valence-electron chi connectivity index (χ2n) is 4.38. The molecule has 7 heteroatoms. The first-order valence-corrected chi connectivity index (χ1v) is 6.89. The molecule has 0 saturated heterocycles. The molecular formula is C12H13F2O4S-. The van der Waals surface area contributed by atoms with E-state index in [-0.39, 0.29) is 21.8 Å². The Morgan fingerprint density at radius 3 is 2.84 bits per heavy atom. The second-order valence-corrected chi connectivity index (χ2v) is 5.29. The van der Waals surface area contributed by atoms with Gasteiger partial charge in [-0.3, -0.25) is 4.21 Å². The Hall–Kier alpha value is -1.05. The van der Waals surface area contributed by atoms with Gasteiger partial charge in [0.05, 0.1) is 6.61 Å². The van der Waals surface area contributed by atoms with E-state index in [1.54, 1.807) is 0 Å². The van der Waals surface area contributed by atoms with Crippen LogP contribution in [0.1, 0.15) is 30.6 Å². The first-order chi connectivity index (χ1) is 8.88. The molecule has 0 heterocycles. The fourth-order valence-electron chi connectivity index (χ4n) is 2.14. The molecule has 4 nitrogen and oxygen atoms in total. The van der Waals surface area contributed by atoms with Crippen molar-refractivity contribution in [1.82, 2.24) is 0 Å². The fourth-order valence-corrected chi connectivity index (χ4v) is 2.73. The lowest BCUT2D eigenvalue weighted by atomic mass is 10.1. The van der Waals surface area contributed by atoms with Crippen LogP contribution in [-0.2, 0) is 17.5 Å². The summed E-state index contributed by atoms with van der Waals surface area (Å²) in [5.74, 6) is -3.16. The summed E-state index contributed by atoms with van der Waals surface area (Å²) in [7, 11) is 0. The molecule has 2 atom stereocenters. The predicted octanol–water partition coefficient (Wildman–Crippen LogP) is 1.94. The average molecular weight is 291 g/mol. The summed E-state index contributed by atoms with van der Waals surface area (Å²) < 4.78 is 54.6. The number of benzene rings is 1. The van der Waals surface area contributed by atoms with Crippen molar-refractivity contribution in [2.24, 2.45) is 0 Å². The maximum Gasteiger partial charge on any atom is 0.281 e. The molecule has 19 heavy (non-hydrogen) atoms. The summed E-state index contributed by atoms with van der Waals surface area (Å²) in [4.78, 5) is -0.302. The van der Waals surface area contributed by atoms with Gasteiger partial charge >= 0.3 is 0 Å². The van der Waals surface area contributed by atoms with Gasteiger partial charge < -0.3 is 14.4 Å². The van der Waals surface area contributed by atoms with Gasteiger partial charge in [-0.05, 0) is 29.6 Å². The molecule has 1 aromatic rings. The molecule has 2 rings (SSSR count). The van der Waals surface area contributed by atoms with Crippen LogP contribution in [0.5, 0.6) is 5.75 Å². The maximum absolute atomic E-state index is 13.6. The minimum atomic E-state index is -3.37. The molecular weight excluding hydrogens is 278 g/mol. The smallest absolute Gasteiger partial charge is 0.281 e. The number of ether oxygens (including phenoxy) is 1. The number of hydrogen-bond donors (Lipinski definition) is 1. The first-order valence-electron chi connectivity index (χ1n) is 5.82. The molecule has 0 fully saturated rings. The van der Waals surface area contributed by atoms with E-state index in [2.05, 4.69) is 0 Å². The van der Waals surface area contributed by atoms with E-state index in [1.165, 1.54) is 12.1 Å². The van der Waals surface area contributed by atoms with Gasteiger partial charge in [0.2, 0.25) is 0 Å². The van der Waals surface area contributed by atoms with Crippen molar-refractivity contribution in [1.29, 1.82) is 0 Å². The summed E-state index contributed by atoms with van der Waals surface area (Å²) in [6, 6.07) is 2.53. The average Bonchev–Trinajstić information content (AvgIpc) is 2.58. The number of alkyl halides is 2. The van der Waals surface area contributed by atoms with Gasteiger partial charge in [-0.1, -0.05) is 6.92 Å². The fraction of sp³-hybridized carbons (Fsp3) is 0.500. The number of aliphatic hydroxyl groups is 1. The van der Waals surface area contributed by atoms with E-state index in [0.29, 0.717) is 13.0 Å². The van der Waals surface area contributed by atoms with Crippen LogP contribution >= 0.6 is 0 Å². The monoisotopic (exact) mass is 291 g/mol. The van der Waals surface area contributed by atoms with Crippen molar-refractivity contribution in [3.63, 3.8) is 0 Å². The van der Waals surface area contributed by atoms with Crippen LogP contribution in [-0.4, -0.2) is 26.4 Å². The highest BCUT2D eigenvalue weighted by Crippen LogP contribution is 2.48. The normalized spacial score (nSPS) is 22.1. The lowest BCUT2D eigenvalue weighted by Crippen LogP contribution is -2.22. The topological polar surface area (TPSA) is 69.6 Å². The molecule has 0 aliphatic heterocycles. The lowest BCUT2D eigenvalue weighted by Gasteiger charge is -2.17. The van der Waals surface area contributed by atoms with Crippen molar-refractivity contribution < 1.29 is 27.4 Å². The van der Waals surface area contributed by atoms with Gasteiger partial charge in [0.25, 0.3) is 5.92 Å². The molecule has 0 aromatic heterocycles. The third kappa shape index (κ3) is 2.50.